The van der Waals surface area contributed by atoms with Crippen LogP contribution in [0, 0.1) is 20.2 Å². The molecule has 0 unspecified atom stereocenters. The number of hydrogen-bond acceptors (Lipinski definition) is 6. The van der Waals surface area contributed by atoms with Gasteiger partial charge in [0.2, 0.25) is 0 Å². The summed E-state index contributed by atoms with van der Waals surface area (Å²) in [7, 11) is 0. The Morgan fingerprint density at radius 2 is 1.35 bits per heavy atom. The lowest BCUT2D eigenvalue weighted by Crippen LogP contribution is -2.07. The molecule has 2 rings (SSSR count). The van der Waals surface area contributed by atoms with E-state index in [1.807, 2.05) is 0 Å². The first-order valence-corrected chi connectivity index (χ1v) is 6.58. The maximum Gasteiger partial charge on any atom is 0.269 e. The number of benzene rings is 2. The Hall–Kier alpha value is -3.13. The van der Waals surface area contributed by atoms with Gasteiger partial charge in [-0.05, 0) is 29.8 Å². The van der Waals surface area contributed by atoms with Gasteiger partial charge in [0.05, 0.1) is 16.0 Å². The second-order valence-electron chi connectivity index (χ2n) is 4.80. The predicted octanol–water partition coefficient (Wildman–Crippen LogP) is 2.81. The number of aliphatic hydroxyl groups excluding tert-OH is 1. The number of nitro groups is 2. The Morgan fingerprint density at radius 1 is 0.913 bits per heavy atom. The van der Waals surface area contributed by atoms with E-state index in [0.717, 1.165) is 0 Å². The number of hydrogen-bond donors (Lipinski definition) is 1. The minimum absolute atomic E-state index is 0.109. The third kappa shape index (κ3) is 3.95. The molecule has 0 aliphatic carbocycles. The first-order chi connectivity index (χ1) is 10.9. The summed E-state index contributed by atoms with van der Waals surface area (Å²) in [6.07, 6.45) is -1.34. The Morgan fingerprint density at radius 3 is 1.78 bits per heavy atom. The molecular formula is C15H12N2O6. The number of Topliss-reactive ketones (excluding diaryl/α,β-unsaturated/α-hetero) is 1. The van der Waals surface area contributed by atoms with Gasteiger partial charge in [-0.25, -0.2) is 0 Å². The van der Waals surface area contributed by atoms with E-state index in [2.05, 4.69) is 0 Å². The molecule has 0 spiro atoms. The molecule has 0 heterocycles. The van der Waals surface area contributed by atoms with Crippen molar-refractivity contribution in [1.29, 1.82) is 0 Å². The maximum atomic E-state index is 12.0. The van der Waals surface area contributed by atoms with Gasteiger partial charge in [-0.3, -0.25) is 25.0 Å². The summed E-state index contributed by atoms with van der Waals surface area (Å²) in [6, 6.07) is 10.3. The van der Waals surface area contributed by atoms with Crippen LogP contribution in [0.25, 0.3) is 0 Å². The van der Waals surface area contributed by atoms with Gasteiger partial charge in [-0.2, -0.15) is 0 Å². The molecule has 0 aromatic heterocycles. The molecule has 0 saturated heterocycles. The van der Waals surface area contributed by atoms with Crippen LogP contribution < -0.4 is 0 Å². The zero-order valence-corrected chi connectivity index (χ0v) is 11.8. The number of non-ortho nitro benzene ring substituents is 2. The molecule has 0 aliphatic heterocycles. The maximum absolute atomic E-state index is 12.0. The van der Waals surface area contributed by atoms with E-state index in [0.29, 0.717) is 5.56 Å². The highest BCUT2D eigenvalue weighted by Gasteiger charge is 2.16. The van der Waals surface area contributed by atoms with Crippen molar-refractivity contribution in [3.63, 3.8) is 0 Å². The molecule has 23 heavy (non-hydrogen) atoms. The third-order valence-electron chi connectivity index (χ3n) is 3.27. The van der Waals surface area contributed by atoms with E-state index >= 15 is 0 Å². The van der Waals surface area contributed by atoms with Crippen molar-refractivity contribution >= 4 is 17.2 Å². The monoisotopic (exact) mass is 316 g/mol. The van der Waals surface area contributed by atoms with Gasteiger partial charge in [-0.15, -0.1) is 0 Å². The molecule has 1 atom stereocenters. The number of nitro benzene ring substituents is 2. The van der Waals surface area contributed by atoms with E-state index in [-0.39, 0.29) is 29.1 Å². The second-order valence-corrected chi connectivity index (χ2v) is 4.80. The first kappa shape index (κ1) is 16.2. The van der Waals surface area contributed by atoms with Crippen molar-refractivity contribution in [2.75, 3.05) is 0 Å². The molecule has 0 fully saturated rings. The fourth-order valence-corrected chi connectivity index (χ4v) is 2.00. The van der Waals surface area contributed by atoms with Crippen LogP contribution in [0.3, 0.4) is 0 Å². The average molecular weight is 316 g/mol. The minimum Gasteiger partial charge on any atom is -0.388 e. The minimum atomic E-state index is -1.11. The average Bonchev–Trinajstić information content (AvgIpc) is 2.54. The van der Waals surface area contributed by atoms with Gasteiger partial charge in [0.15, 0.2) is 5.78 Å². The number of aliphatic hydroxyl groups is 1. The summed E-state index contributed by atoms with van der Waals surface area (Å²) >= 11 is 0. The Kier molecular flexibility index (Phi) is 4.77. The lowest BCUT2D eigenvalue weighted by atomic mass is 10.00. The molecule has 2 aromatic rings. The summed E-state index contributed by atoms with van der Waals surface area (Å²) in [5, 5.41) is 31.1. The number of carbonyl (C=O) groups excluding carboxylic acids is 1. The third-order valence-corrected chi connectivity index (χ3v) is 3.27. The van der Waals surface area contributed by atoms with Crippen LogP contribution in [0.5, 0.6) is 0 Å². The van der Waals surface area contributed by atoms with E-state index in [1.165, 1.54) is 48.5 Å². The molecule has 0 radical (unpaired) electrons. The van der Waals surface area contributed by atoms with Gasteiger partial charge in [0, 0.05) is 36.2 Å². The summed E-state index contributed by atoms with van der Waals surface area (Å²) in [4.78, 5) is 32.0. The summed E-state index contributed by atoms with van der Waals surface area (Å²) < 4.78 is 0. The van der Waals surface area contributed by atoms with Gasteiger partial charge in [-0.1, -0.05) is 0 Å². The van der Waals surface area contributed by atoms with Crippen molar-refractivity contribution in [1.82, 2.24) is 0 Å². The van der Waals surface area contributed by atoms with Gasteiger partial charge in [0.25, 0.3) is 11.4 Å². The summed E-state index contributed by atoms with van der Waals surface area (Å²) in [6.45, 7) is 0. The highest BCUT2D eigenvalue weighted by molar-refractivity contribution is 5.96. The molecule has 8 nitrogen and oxygen atoms in total. The van der Waals surface area contributed by atoms with Crippen LogP contribution in [-0.2, 0) is 0 Å². The Labute approximate surface area is 130 Å². The van der Waals surface area contributed by atoms with Gasteiger partial charge >= 0.3 is 0 Å². The summed E-state index contributed by atoms with van der Waals surface area (Å²) in [5.74, 6) is -0.384. The largest absolute Gasteiger partial charge is 0.388 e. The Balaban J connectivity index is 2.06. The smallest absolute Gasteiger partial charge is 0.269 e. The zero-order chi connectivity index (χ0) is 17.0. The second kappa shape index (κ2) is 6.75. The molecule has 0 aliphatic rings. The molecular weight excluding hydrogens is 304 g/mol. The number of rotatable bonds is 6. The van der Waals surface area contributed by atoms with Crippen LogP contribution in [-0.4, -0.2) is 20.7 Å². The quantitative estimate of drug-likeness (QED) is 0.496. The molecule has 118 valence electrons. The standard InChI is InChI=1S/C15H12N2O6/c18-14(10-1-5-12(6-2-10)16(20)21)9-15(19)11-3-7-13(8-4-11)17(22)23/h1-8,14,18H,9H2/t14-/m1/s1. The summed E-state index contributed by atoms with van der Waals surface area (Å²) in [5.41, 5.74) is 0.391. The zero-order valence-electron chi connectivity index (χ0n) is 11.8. The highest BCUT2D eigenvalue weighted by atomic mass is 16.6. The van der Waals surface area contributed by atoms with Crippen LogP contribution in [0.15, 0.2) is 48.5 Å². The van der Waals surface area contributed by atoms with Gasteiger partial charge < -0.3 is 5.11 Å². The number of carbonyl (C=O) groups is 1. The lowest BCUT2D eigenvalue weighted by Gasteiger charge is -2.10. The molecule has 2 aromatic carbocycles. The van der Waals surface area contributed by atoms with Crippen molar-refractivity contribution in [3.05, 3.63) is 79.9 Å². The van der Waals surface area contributed by atoms with E-state index in [1.54, 1.807) is 0 Å². The van der Waals surface area contributed by atoms with E-state index < -0.39 is 16.0 Å². The topological polar surface area (TPSA) is 124 Å². The highest BCUT2D eigenvalue weighted by Crippen LogP contribution is 2.22. The van der Waals surface area contributed by atoms with E-state index in [9.17, 15) is 30.1 Å². The number of nitrogens with zero attached hydrogens (tertiary/aromatic N) is 2. The lowest BCUT2D eigenvalue weighted by molar-refractivity contribution is -0.385. The molecule has 0 saturated carbocycles. The normalized spacial score (nSPS) is 11.7. The number of ketones is 1. The molecule has 1 N–H and O–H groups in total. The van der Waals surface area contributed by atoms with Crippen molar-refractivity contribution in [2.24, 2.45) is 0 Å². The van der Waals surface area contributed by atoms with Crippen molar-refractivity contribution < 1.29 is 19.7 Å². The van der Waals surface area contributed by atoms with Crippen LogP contribution in [0.2, 0.25) is 0 Å². The predicted molar refractivity (Wildman–Crippen MR) is 80.1 cm³/mol. The fourth-order valence-electron chi connectivity index (χ4n) is 2.00. The van der Waals surface area contributed by atoms with Gasteiger partial charge in [0.1, 0.15) is 0 Å². The van der Waals surface area contributed by atoms with Crippen LogP contribution in [0.1, 0.15) is 28.4 Å². The van der Waals surface area contributed by atoms with Crippen LogP contribution in [0.4, 0.5) is 11.4 Å². The SMILES string of the molecule is O=C(C[C@@H](O)c1ccc([N+](=O)[O-])cc1)c1ccc([N+](=O)[O-])cc1. The van der Waals surface area contributed by atoms with E-state index in [4.69, 9.17) is 0 Å². The Bertz CT molecular complexity index is 740. The molecule has 0 bridgehead atoms. The van der Waals surface area contributed by atoms with Crippen molar-refractivity contribution in [2.45, 2.75) is 12.5 Å². The van der Waals surface area contributed by atoms with Crippen LogP contribution >= 0.6 is 0 Å². The fraction of sp³-hybridized carbons (Fsp3) is 0.133. The van der Waals surface area contributed by atoms with Crippen molar-refractivity contribution in [3.8, 4) is 0 Å². The molecule has 0 amide bonds. The first-order valence-electron chi connectivity index (χ1n) is 6.58. The molecule has 8 heteroatoms.